The standard InChI is InChI=1S/C9H7BrN2O2S/c10-8-2-4-9(5-3-8)15(13,14)12-7-1-6-11-12/h1-7H. The molecule has 2 rings (SSSR count). The number of aromatic nitrogens is 2. The first-order chi connectivity index (χ1) is 7.10. The van der Waals surface area contributed by atoms with Crippen molar-refractivity contribution in [3.63, 3.8) is 0 Å². The minimum atomic E-state index is -3.53. The predicted octanol–water partition coefficient (Wildman–Crippen LogP) is 1.88. The fourth-order valence-corrected chi connectivity index (χ4v) is 2.48. The van der Waals surface area contributed by atoms with E-state index in [0.29, 0.717) is 0 Å². The van der Waals surface area contributed by atoms with Crippen LogP contribution in [0.5, 0.6) is 0 Å². The van der Waals surface area contributed by atoms with Crippen molar-refractivity contribution < 1.29 is 8.42 Å². The number of rotatable bonds is 2. The summed E-state index contributed by atoms with van der Waals surface area (Å²) in [5.41, 5.74) is 0. The maximum atomic E-state index is 11.9. The Hall–Kier alpha value is -1.14. The zero-order valence-electron chi connectivity index (χ0n) is 7.54. The lowest BCUT2D eigenvalue weighted by Gasteiger charge is -2.03. The molecule has 0 radical (unpaired) electrons. The minimum Gasteiger partial charge on any atom is -0.199 e. The first kappa shape index (κ1) is 10.4. The SMILES string of the molecule is O=S(=O)(c1ccc(Br)cc1)n1cccn1. The van der Waals surface area contributed by atoms with Crippen molar-refractivity contribution in [1.29, 1.82) is 0 Å². The van der Waals surface area contributed by atoms with Crippen LogP contribution in [-0.2, 0) is 10.0 Å². The Morgan fingerprint density at radius 3 is 2.40 bits per heavy atom. The second kappa shape index (κ2) is 3.79. The van der Waals surface area contributed by atoms with Gasteiger partial charge in [-0.05, 0) is 30.3 Å². The van der Waals surface area contributed by atoms with Gasteiger partial charge in [0.1, 0.15) is 0 Å². The molecule has 15 heavy (non-hydrogen) atoms. The van der Waals surface area contributed by atoms with Gasteiger partial charge in [-0.15, -0.1) is 0 Å². The van der Waals surface area contributed by atoms with Gasteiger partial charge in [-0.1, -0.05) is 15.9 Å². The normalized spacial score (nSPS) is 11.5. The molecule has 0 spiro atoms. The van der Waals surface area contributed by atoms with E-state index >= 15 is 0 Å². The molecular weight excluding hydrogens is 280 g/mol. The summed E-state index contributed by atoms with van der Waals surface area (Å²) in [6, 6.07) is 7.98. The second-order valence-electron chi connectivity index (χ2n) is 2.84. The van der Waals surface area contributed by atoms with E-state index in [1.165, 1.54) is 24.5 Å². The summed E-state index contributed by atoms with van der Waals surface area (Å²) in [6.45, 7) is 0. The van der Waals surface area contributed by atoms with Crippen LogP contribution < -0.4 is 0 Å². The van der Waals surface area contributed by atoms with Gasteiger partial charge in [0.2, 0.25) is 0 Å². The Balaban J connectivity index is 2.52. The lowest BCUT2D eigenvalue weighted by Crippen LogP contribution is -2.13. The highest BCUT2D eigenvalue weighted by atomic mass is 79.9. The van der Waals surface area contributed by atoms with Gasteiger partial charge >= 0.3 is 0 Å². The van der Waals surface area contributed by atoms with Crippen molar-refractivity contribution in [3.8, 4) is 0 Å². The predicted molar refractivity (Wildman–Crippen MR) is 59.0 cm³/mol. The first-order valence-electron chi connectivity index (χ1n) is 4.11. The summed E-state index contributed by atoms with van der Waals surface area (Å²) in [5.74, 6) is 0. The van der Waals surface area contributed by atoms with Gasteiger partial charge < -0.3 is 0 Å². The van der Waals surface area contributed by atoms with Gasteiger partial charge in [0.05, 0.1) is 11.1 Å². The van der Waals surface area contributed by atoms with Crippen LogP contribution in [0.1, 0.15) is 0 Å². The first-order valence-corrected chi connectivity index (χ1v) is 6.35. The smallest absolute Gasteiger partial charge is 0.199 e. The Kier molecular flexibility index (Phi) is 2.62. The number of hydrogen-bond acceptors (Lipinski definition) is 3. The fourth-order valence-electron chi connectivity index (χ4n) is 1.11. The molecule has 0 bridgehead atoms. The maximum Gasteiger partial charge on any atom is 0.282 e. The molecule has 2 aromatic rings. The molecule has 6 heteroatoms. The summed E-state index contributed by atoms with van der Waals surface area (Å²) in [5, 5.41) is 3.70. The van der Waals surface area contributed by atoms with Crippen molar-refractivity contribution >= 4 is 26.0 Å². The molecule has 1 aromatic heterocycles. The maximum absolute atomic E-state index is 11.9. The van der Waals surface area contributed by atoms with Gasteiger partial charge in [0.15, 0.2) is 0 Å². The third kappa shape index (κ3) is 1.95. The van der Waals surface area contributed by atoms with Crippen LogP contribution >= 0.6 is 15.9 Å². The van der Waals surface area contributed by atoms with Crippen molar-refractivity contribution in [3.05, 3.63) is 47.2 Å². The number of benzene rings is 1. The van der Waals surface area contributed by atoms with Gasteiger partial charge in [-0.2, -0.15) is 17.6 Å². The van der Waals surface area contributed by atoms with Crippen LogP contribution in [0.4, 0.5) is 0 Å². The van der Waals surface area contributed by atoms with E-state index in [9.17, 15) is 8.42 Å². The van der Waals surface area contributed by atoms with Crippen molar-refractivity contribution in [1.82, 2.24) is 9.19 Å². The Morgan fingerprint density at radius 1 is 1.20 bits per heavy atom. The molecule has 0 fully saturated rings. The fraction of sp³-hybridized carbons (Fsp3) is 0. The average molecular weight is 287 g/mol. The Bertz CT molecular complexity index is 546. The van der Waals surface area contributed by atoms with Crippen molar-refractivity contribution in [2.75, 3.05) is 0 Å². The largest absolute Gasteiger partial charge is 0.282 e. The lowest BCUT2D eigenvalue weighted by atomic mass is 10.4. The third-order valence-corrected chi connectivity index (χ3v) is 3.94. The molecule has 0 saturated carbocycles. The highest BCUT2D eigenvalue weighted by Gasteiger charge is 2.15. The van der Waals surface area contributed by atoms with Crippen LogP contribution in [0.2, 0.25) is 0 Å². The molecule has 0 amide bonds. The highest BCUT2D eigenvalue weighted by Crippen LogP contribution is 2.16. The molecular formula is C9H7BrN2O2S. The average Bonchev–Trinajstić information content (AvgIpc) is 2.71. The molecule has 0 saturated heterocycles. The summed E-state index contributed by atoms with van der Waals surface area (Å²) in [4.78, 5) is 0.217. The highest BCUT2D eigenvalue weighted by molar-refractivity contribution is 9.10. The quantitative estimate of drug-likeness (QED) is 0.847. The summed E-state index contributed by atoms with van der Waals surface area (Å²) >= 11 is 3.24. The van der Waals surface area contributed by atoms with Crippen LogP contribution in [0, 0.1) is 0 Å². The van der Waals surface area contributed by atoms with Gasteiger partial charge in [0.25, 0.3) is 10.0 Å². The number of hydrogen-bond donors (Lipinski definition) is 0. The zero-order valence-corrected chi connectivity index (χ0v) is 9.94. The molecule has 78 valence electrons. The Labute approximate surface area is 95.7 Å². The zero-order chi connectivity index (χ0) is 10.9. The molecule has 0 aliphatic heterocycles. The van der Waals surface area contributed by atoms with E-state index in [1.807, 2.05) is 0 Å². The molecule has 0 N–H and O–H groups in total. The number of nitrogens with zero attached hydrogens (tertiary/aromatic N) is 2. The van der Waals surface area contributed by atoms with E-state index in [4.69, 9.17) is 0 Å². The van der Waals surface area contributed by atoms with Crippen LogP contribution in [0.15, 0.2) is 52.1 Å². The minimum absolute atomic E-state index is 0.217. The molecule has 0 aliphatic carbocycles. The third-order valence-electron chi connectivity index (χ3n) is 1.84. The van der Waals surface area contributed by atoms with Crippen LogP contribution in [0.25, 0.3) is 0 Å². The Morgan fingerprint density at radius 2 is 1.87 bits per heavy atom. The van der Waals surface area contributed by atoms with E-state index < -0.39 is 10.0 Å². The topological polar surface area (TPSA) is 52.0 Å². The summed E-state index contributed by atoms with van der Waals surface area (Å²) in [6.07, 6.45) is 2.83. The molecule has 1 heterocycles. The molecule has 0 aliphatic rings. The summed E-state index contributed by atoms with van der Waals surface area (Å²) < 4.78 is 25.6. The van der Waals surface area contributed by atoms with Gasteiger partial charge in [-0.3, -0.25) is 0 Å². The molecule has 0 atom stereocenters. The summed E-state index contributed by atoms with van der Waals surface area (Å²) in [7, 11) is -3.53. The van der Waals surface area contributed by atoms with Gasteiger partial charge in [-0.25, -0.2) is 0 Å². The van der Waals surface area contributed by atoms with Gasteiger partial charge in [0, 0.05) is 10.7 Å². The molecule has 0 unspecified atom stereocenters. The van der Waals surface area contributed by atoms with Crippen molar-refractivity contribution in [2.24, 2.45) is 0 Å². The second-order valence-corrected chi connectivity index (χ2v) is 5.55. The molecule has 1 aromatic carbocycles. The van der Waals surface area contributed by atoms with Crippen LogP contribution in [-0.4, -0.2) is 17.6 Å². The lowest BCUT2D eigenvalue weighted by molar-refractivity contribution is 0.580. The van der Waals surface area contributed by atoms with Crippen molar-refractivity contribution in [2.45, 2.75) is 4.90 Å². The van der Waals surface area contributed by atoms with E-state index in [-0.39, 0.29) is 4.90 Å². The van der Waals surface area contributed by atoms with E-state index in [1.54, 1.807) is 18.2 Å². The monoisotopic (exact) mass is 286 g/mol. The molecule has 4 nitrogen and oxygen atoms in total. The van der Waals surface area contributed by atoms with Crippen LogP contribution in [0.3, 0.4) is 0 Å². The van der Waals surface area contributed by atoms with E-state index in [0.717, 1.165) is 8.56 Å². The number of halogens is 1. The van der Waals surface area contributed by atoms with E-state index in [2.05, 4.69) is 21.0 Å².